The molecule has 0 spiro atoms. The summed E-state index contributed by atoms with van der Waals surface area (Å²) < 4.78 is 15.0. The molecule has 1 N–H and O–H groups in total. The van der Waals surface area contributed by atoms with E-state index in [9.17, 15) is 9.18 Å². The molecule has 0 unspecified atom stereocenters. The van der Waals surface area contributed by atoms with Crippen LogP contribution in [-0.2, 0) is 0 Å². The highest BCUT2D eigenvalue weighted by Crippen LogP contribution is 2.28. The van der Waals surface area contributed by atoms with Crippen molar-refractivity contribution in [3.8, 4) is 0 Å². The Kier molecular flexibility index (Phi) is 2.70. The number of hydrogen-bond donors (Lipinski definition) is 1. The molecule has 1 aromatic carbocycles. The molecule has 0 radical (unpaired) electrons. The van der Waals surface area contributed by atoms with Crippen molar-refractivity contribution >= 4 is 22.8 Å². The maximum atomic E-state index is 13.3. The minimum atomic E-state index is -0.296. The number of nitrogens with zero attached hydrogens (tertiary/aromatic N) is 1. The maximum absolute atomic E-state index is 13.3. The quantitative estimate of drug-likeness (QED) is 0.847. The van der Waals surface area contributed by atoms with E-state index >= 15 is 0 Å². The lowest BCUT2D eigenvalue weighted by atomic mass is 10.1. The van der Waals surface area contributed by atoms with Gasteiger partial charge in [0.1, 0.15) is 5.82 Å². The Balaban J connectivity index is 2.16. The Bertz CT molecular complexity index is 598. The van der Waals surface area contributed by atoms with Gasteiger partial charge in [-0.2, -0.15) is 11.8 Å². The van der Waals surface area contributed by atoms with Crippen LogP contribution in [0.5, 0.6) is 0 Å². The molecule has 3 nitrogen and oxygen atoms in total. The Morgan fingerprint density at radius 2 is 2.12 bits per heavy atom. The zero-order valence-electron chi connectivity index (χ0n) is 9.28. The van der Waals surface area contributed by atoms with Gasteiger partial charge in [0, 0.05) is 6.04 Å². The van der Waals surface area contributed by atoms with Crippen molar-refractivity contribution in [3.05, 3.63) is 34.5 Å². The van der Waals surface area contributed by atoms with Gasteiger partial charge >= 0.3 is 5.69 Å². The Labute approximate surface area is 102 Å². The van der Waals surface area contributed by atoms with Crippen molar-refractivity contribution in [2.75, 3.05) is 11.5 Å². The molecule has 1 aliphatic heterocycles. The molecule has 2 heterocycles. The number of nitrogens with one attached hydrogen (secondary N) is 1. The minimum absolute atomic E-state index is 0.123. The summed E-state index contributed by atoms with van der Waals surface area (Å²) in [4.78, 5) is 14.7. The fraction of sp³-hybridized carbons (Fsp3) is 0.417. The molecule has 1 aliphatic rings. The van der Waals surface area contributed by atoms with E-state index in [2.05, 4.69) is 4.98 Å². The third kappa shape index (κ3) is 1.88. The number of fused-ring (bicyclic) bond motifs is 1. The third-order valence-electron chi connectivity index (χ3n) is 3.24. The van der Waals surface area contributed by atoms with Gasteiger partial charge < -0.3 is 4.98 Å². The highest BCUT2D eigenvalue weighted by molar-refractivity contribution is 7.99. The average molecular weight is 252 g/mol. The molecule has 3 rings (SSSR count). The van der Waals surface area contributed by atoms with E-state index in [0.717, 1.165) is 29.9 Å². The smallest absolute Gasteiger partial charge is 0.306 e. The predicted molar refractivity (Wildman–Crippen MR) is 68.1 cm³/mol. The fourth-order valence-corrected chi connectivity index (χ4v) is 3.48. The zero-order valence-corrected chi connectivity index (χ0v) is 10.1. The van der Waals surface area contributed by atoms with Gasteiger partial charge in [0.25, 0.3) is 0 Å². The molecule has 17 heavy (non-hydrogen) atoms. The molecule has 0 saturated carbocycles. The molecule has 0 bridgehead atoms. The van der Waals surface area contributed by atoms with Gasteiger partial charge in [-0.25, -0.2) is 9.18 Å². The van der Waals surface area contributed by atoms with Crippen molar-refractivity contribution in [1.29, 1.82) is 0 Å². The fourth-order valence-electron chi connectivity index (χ4n) is 2.40. The number of thioether (sulfide) groups is 1. The maximum Gasteiger partial charge on any atom is 0.326 e. The lowest BCUT2D eigenvalue weighted by molar-refractivity contribution is 0.469. The molecule has 2 aromatic rings. The number of aromatic amines is 1. The van der Waals surface area contributed by atoms with Crippen LogP contribution < -0.4 is 5.69 Å². The van der Waals surface area contributed by atoms with Crippen molar-refractivity contribution in [3.63, 3.8) is 0 Å². The first kappa shape index (κ1) is 10.9. The molecule has 0 amide bonds. The van der Waals surface area contributed by atoms with Crippen molar-refractivity contribution in [1.82, 2.24) is 9.55 Å². The van der Waals surface area contributed by atoms with Gasteiger partial charge in [-0.1, -0.05) is 0 Å². The van der Waals surface area contributed by atoms with Crippen LogP contribution in [0.25, 0.3) is 11.0 Å². The van der Waals surface area contributed by atoms with E-state index < -0.39 is 0 Å². The first-order valence-electron chi connectivity index (χ1n) is 5.73. The van der Waals surface area contributed by atoms with Crippen molar-refractivity contribution < 1.29 is 4.39 Å². The van der Waals surface area contributed by atoms with E-state index in [4.69, 9.17) is 0 Å². The lowest BCUT2D eigenvalue weighted by Crippen LogP contribution is -2.25. The van der Waals surface area contributed by atoms with Crippen LogP contribution >= 0.6 is 11.8 Å². The first-order valence-corrected chi connectivity index (χ1v) is 6.89. The summed E-state index contributed by atoms with van der Waals surface area (Å²) >= 11 is 1.91. The number of benzene rings is 1. The van der Waals surface area contributed by atoms with Crippen LogP contribution in [0.15, 0.2) is 23.0 Å². The number of halogens is 1. The zero-order chi connectivity index (χ0) is 11.8. The summed E-state index contributed by atoms with van der Waals surface area (Å²) in [6.07, 6.45) is 1.96. The van der Waals surface area contributed by atoms with Crippen LogP contribution in [0, 0.1) is 5.82 Å². The molecule has 0 atom stereocenters. The van der Waals surface area contributed by atoms with Crippen molar-refractivity contribution in [2.24, 2.45) is 0 Å². The summed E-state index contributed by atoms with van der Waals surface area (Å²) in [5.74, 6) is 1.84. The van der Waals surface area contributed by atoms with Crippen LogP contribution in [0.1, 0.15) is 18.9 Å². The van der Waals surface area contributed by atoms with Crippen LogP contribution in [-0.4, -0.2) is 21.1 Å². The van der Waals surface area contributed by atoms with E-state index in [-0.39, 0.29) is 17.5 Å². The van der Waals surface area contributed by atoms with Gasteiger partial charge in [-0.05, 0) is 42.5 Å². The van der Waals surface area contributed by atoms with Gasteiger partial charge in [-0.15, -0.1) is 0 Å². The second kappa shape index (κ2) is 4.22. The molecular formula is C12H13FN2OS. The molecule has 1 fully saturated rings. The Morgan fingerprint density at radius 3 is 2.88 bits per heavy atom. The largest absolute Gasteiger partial charge is 0.326 e. The van der Waals surface area contributed by atoms with Gasteiger partial charge in [0.2, 0.25) is 0 Å². The van der Waals surface area contributed by atoms with Crippen LogP contribution in [0.4, 0.5) is 4.39 Å². The van der Waals surface area contributed by atoms with Crippen LogP contribution in [0.3, 0.4) is 0 Å². The van der Waals surface area contributed by atoms with Crippen molar-refractivity contribution in [2.45, 2.75) is 18.9 Å². The summed E-state index contributed by atoms with van der Waals surface area (Å²) in [6, 6.07) is 4.65. The monoisotopic (exact) mass is 252 g/mol. The van der Waals surface area contributed by atoms with Gasteiger partial charge in [-0.3, -0.25) is 4.57 Å². The van der Waals surface area contributed by atoms with Crippen LogP contribution in [0.2, 0.25) is 0 Å². The van der Waals surface area contributed by atoms with E-state index in [1.165, 1.54) is 12.1 Å². The predicted octanol–water partition coefficient (Wildman–Crippen LogP) is 2.54. The highest BCUT2D eigenvalue weighted by Gasteiger charge is 2.20. The highest BCUT2D eigenvalue weighted by atomic mass is 32.2. The molecule has 90 valence electrons. The number of rotatable bonds is 1. The summed E-state index contributed by atoms with van der Waals surface area (Å²) in [7, 11) is 0. The first-order chi connectivity index (χ1) is 8.25. The van der Waals surface area contributed by atoms with E-state index in [0.29, 0.717) is 5.52 Å². The molecule has 1 aromatic heterocycles. The normalized spacial score (nSPS) is 17.7. The SMILES string of the molecule is O=c1[nH]c2ccc(F)cc2n1C1CCSCC1. The molecule has 5 heteroatoms. The summed E-state index contributed by atoms with van der Waals surface area (Å²) in [5, 5.41) is 0. The number of imidazole rings is 1. The Hall–Kier alpha value is -1.23. The van der Waals surface area contributed by atoms with E-state index in [1.54, 1.807) is 10.6 Å². The number of H-pyrrole nitrogens is 1. The topological polar surface area (TPSA) is 37.8 Å². The number of aromatic nitrogens is 2. The third-order valence-corrected chi connectivity index (χ3v) is 4.28. The van der Waals surface area contributed by atoms with Gasteiger partial charge in [0.15, 0.2) is 0 Å². The van der Waals surface area contributed by atoms with Gasteiger partial charge in [0.05, 0.1) is 11.0 Å². The standard InChI is InChI=1S/C12H13FN2OS/c13-8-1-2-10-11(7-8)15(12(16)14-10)9-3-5-17-6-4-9/h1-2,7,9H,3-6H2,(H,14,16). The summed E-state index contributed by atoms with van der Waals surface area (Å²) in [5.41, 5.74) is 1.28. The average Bonchev–Trinajstić information content (AvgIpc) is 2.65. The summed E-state index contributed by atoms with van der Waals surface area (Å²) in [6.45, 7) is 0. The molecule has 0 aliphatic carbocycles. The number of hydrogen-bond acceptors (Lipinski definition) is 2. The lowest BCUT2D eigenvalue weighted by Gasteiger charge is -2.22. The second-order valence-electron chi connectivity index (χ2n) is 4.31. The second-order valence-corrected chi connectivity index (χ2v) is 5.53. The molecular weight excluding hydrogens is 239 g/mol. The Morgan fingerprint density at radius 1 is 1.35 bits per heavy atom. The molecule has 1 saturated heterocycles. The van der Waals surface area contributed by atoms with E-state index in [1.807, 2.05) is 11.8 Å². The minimum Gasteiger partial charge on any atom is -0.306 e.